The van der Waals surface area contributed by atoms with Crippen LogP contribution in [0.3, 0.4) is 0 Å². The second-order valence-electron chi connectivity index (χ2n) is 4.92. The van der Waals surface area contributed by atoms with E-state index in [-0.39, 0.29) is 0 Å². The number of nitrogens with one attached hydrogen (secondary N) is 1. The first-order chi connectivity index (χ1) is 7.95. The molecule has 0 atom stereocenters. The number of fused-ring (bicyclic) bond motifs is 3. The van der Waals surface area contributed by atoms with Gasteiger partial charge in [0, 0.05) is 24.2 Å². The molecule has 1 N–H and O–H groups in total. The molecule has 2 nitrogen and oxygen atoms in total. The summed E-state index contributed by atoms with van der Waals surface area (Å²) in [5.41, 5.74) is 6.24. The molecule has 1 aromatic heterocycles. The quantitative estimate of drug-likeness (QED) is 0.708. The molecular formula is C14H16N2. The van der Waals surface area contributed by atoms with Gasteiger partial charge in [0.2, 0.25) is 0 Å². The Morgan fingerprint density at radius 2 is 2.19 bits per heavy atom. The Bertz CT molecular complexity index is 566. The number of nitrogens with zero attached hydrogens (tertiary/aromatic N) is 1. The number of aromatic nitrogens is 1. The molecule has 3 heterocycles. The van der Waals surface area contributed by atoms with Crippen LogP contribution in [0.1, 0.15) is 23.2 Å². The predicted octanol–water partition coefficient (Wildman–Crippen LogP) is 2.23. The van der Waals surface area contributed by atoms with Gasteiger partial charge in [0.1, 0.15) is 0 Å². The number of aryl methyl sites for hydroxylation is 3. The van der Waals surface area contributed by atoms with Crippen molar-refractivity contribution in [1.29, 1.82) is 0 Å². The van der Waals surface area contributed by atoms with Crippen molar-refractivity contribution >= 4 is 10.9 Å². The van der Waals surface area contributed by atoms with E-state index in [2.05, 4.69) is 28.1 Å². The predicted molar refractivity (Wildman–Crippen MR) is 65.7 cm³/mol. The first-order valence-corrected chi connectivity index (χ1v) is 6.28. The first kappa shape index (κ1) is 8.82. The third-order valence-corrected chi connectivity index (χ3v) is 4.07. The second-order valence-corrected chi connectivity index (χ2v) is 4.92. The van der Waals surface area contributed by atoms with Crippen molar-refractivity contribution in [3.05, 3.63) is 35.0 Å². The summed E-state index contributed by atoms with van der Waals surface area (Å²) in [6.45, 7) is 3.41. The van der Waals surface area contributed by atoms with Gasteiger partial charge in [-0.1, -0.05) is 18.2 Å². The molecule has 0 fully saturated rings. The third-order valence-electron chi connectivity index (χ3n) is 4.07. The molecule has 0 saturated heterocycles. The molecule has 0 radical (unpaired) electrons. The average molecular weight is 212 g/mol. The summed E-state index contributed by atoms with van der Waals surface area (Å²) in [6, 6.07) is 6.83. The third kappa shape index (κ3) is 1.00. The zero-order chi connectivity index (χ0) is 10.5. The van der Waals surface area contributed by atoms with Crippen molar-refractivity contribution < 1.29 is 0 Å². The molecular weight excluding hydrogens is 196 g/mol. The Balaban J connectivity index is 2.10. The smallest absolute Gasteiger partial charge is 0.0519 e. The molecule has 0 amide bonds. The number of rotatable bonds is 0. The molecule has 4 rings (SSSR count). The van der Waals surface area contributed by atoms with E-state index in [1.165, 1.54) is 36.7 Å². The van der Waals surface area contributed by atoms with Crippen LogP contribution in [0.15, 0.2) is 18.2 Å². The highest BCUT2D eigenvalue weighted by molar-refractivity contribution is 5.89. The molecule has 2 aliphatic rings. The van der Waals surface area contributed by atoms with E-state index in [1.807, 2.05) is 0 Å². The highest BCUT2D eigenvalue weighted by Crippen LogP contribution is 2.34. The van der Waals surface area contributed by atoms with Crippen LogP contribution in [-0.4, -0.2) is 11.1 Å². The lowest BCUT2D eigenvalue weighted by molar-refractivity contribution is 0.642. The summed E-state index contributed by atoms with van der Waals surface area (Å²) >= 11 is 0. The highest BCUT2D eigenvalue weighted by Gasteiger charge is 2.23. The minimum atomic E-state index is 1.06. The van der Waals surface area contributed by atoms with Crippen LogP contribution in [-0.2, 0) is 25.9 Å². The van der Waals surface area contributed by atoms with Crippen LogP contribution in [0.5, 0.6) is 0 Å². The molecule has 0 unspecified atom stereocenters. The summed E-state index contributed by atoms with van der Waals surface area (Å²) < 4.78 is 2.55. The zero-order valence-electron chi connectivity index (χ0n) is 9.42. The molecule has 0 bridgehead atoms. The molecule has 2 aliphatic heterocycles. The maximum atomic E-state index is 3.54. The number of benzene rings is 1. The normalized spacial score (nSPS) is 18.8. The summed E-state index contributed by atoms with van der Waals surface area (Å²) in [6.07, 6.45) is 3.74. The van der Waals surface area contributed by atoms with Gasteiger partial charge in [-0.3, -0.25) is 0 Å². The lowest BCUT2D eigenvalue weighted by atomic mass is 10.0. The van der Waals surface area contributed by atoms with E-state index in [4.69, 9.17) is 0 Å². The molecule has 0 aliphatic carbocycles. The van der Waals surface area contributed by atoms with E-state index < -0.39 is 0 Å². The lowest BCUT2D eigenvalue weighted by Gasteiger charge is -2.05. The van der Waals surface area contributed by atoms with Gasteiger partial charge in [-0.15, -0.1) is 0 Å². The molecule has 2 heteroatoms. The summed E-state index contributed by atoms with van der Waals surface area (Å²) in [7, 11) is 0. The van der Waals surface area contributed by atoms with Gasteiger partial charge < -0.3 is 9.88 Å². The first-order valence-electron chi connectivity index (χ1n) is 6.28. The van der Waals surface area contributed by atoms with Crippen molar-refractivity contribution in [2.24, 2.45) is 0 Å². The van der Waals surface area contributed by atoms with Crippen LogP contribution in [0.25, 0.3) is 10.9 Å². The molecule has 82 valence electrons. The van der Waals surface area contributed by atoms with Gasteiger partial charge in [0.05, 0.1) is 5.52 Å². The topological polar surface area (TPSA) is 17.0 Å². The molecule has 16 heavy (non-hydrogen) atoms. The highest BCUT2D eigenvalue weighted by atomic mass is 15.0. The van der Waals surface area contributed by atoms with Crippen LogP contribution < -0.4 is 5.32 Å². The molecule has 0 spiro atoms. The number of hydrogen-bond acceptors (Lipinski definition) is 1. The monoisotopic (exact) mass is 212 g/mol. The fourth-order valence-electron chi connectivity index (χ4n) is 3.37. The fraction of sp³-hybridized carbons (Fsp3) is 0.429. The standard InChI is InChI=1S/C14H16N2/c1-3-10-6-8-16-13-9-15-7-2-5-11(13)12(4-1)14(10)16/h1,3-4,15H,2,5-9H2. The van der Waals surface area contributed by atoms with Crippen molar-refractivity contribution in [1.82, 2.24) is 9.88 Å². The van der Waals surface area contributed by atoms with Gasteiger partial charge >= 0.3 is 0 Å². The van der Waals surface area contributed by atoms with Crippen LogP contribution in [0.4, 0.5) is 0 Å². The van der Waals surface area contributed by atoms with Gasteiger partial charge in [0.25, 0.3) is 0 Å². The Kier molecular flexibility index (Phi) is 1.71. The minimum absolute atomic E-state index is 1.06. The van der Waals surface area contributed by atoms with Crippen LogP contribution >= 0.6 is 0 Å². The van der Waals surface area contributed by atoms with E-state index in [9.17, 15) is 0 Å². The average Bonchev–Trinajstić information content (AvgIpc) is 2.76. The SMILES string of the molecule is c1cc2c3c(c1)c1c(n3CC2)CNCCC1. The Morgan fingerprint density at radius 3 is 3.19 bits per heavy atom. The van der Waals surface area contributed by atoms with Crippen molar-refractivity contribution in [2.45, 2.75) is 32.4 Å². The summed E-state index contributed by atoms with van der Waals surface area (Å²) in [4.78, 5) is 0. The second kappa shape index (κ2) is 3.11. The van der Waals surface area contributed by atoms with E-state index in [0.717, 1.165) is 13.1 Å². The van der Waals surface area contributed by atoms with Gasteiger partial charge in [-0.25, -0.2) is 0 Å². The summed E-state index contributed by atoms with van der Waals surface area (Å²) in [5, 5.41) is 5.06. The van der Waals surface area contributed by atoms with Gasteiger partial charge in [0.15, 0.2) is 0 Å². The minimum Gasteiger partial charge on any atom is -0.342 e. The largest absolute Gasteiger partial charge is 0.342 e. The van der Waals surface area contributed by atoms with E-state index >= 15 is 0 Å². The molecule has 1 aromatic carbocycles. The Morgan fingerprint density at radius 1 is 1.19 bits per heavy atom. The molecule has 2 aromatic rings. The Hall–Kier alpha value is -1.28. The van der Waals surface area contributed by atoms with Crippen molar-refractivity contribution in [3.63, 3.8) is 0 Å². The number of hydrogen-bond donors (Lipinski definition) is 1. The maximum absolute atomic E-state index is 3.54. The van der Waals surface area contributed by atoms with Crippen LogP contribution in [0.2, 0.25) is 0 Å². The fourth-order valence-corrected chi connectivity index (χ4v) is 3.37. The lowest BCUT2D eigenvalue weighted by Crippen LogP contribution is -2.14. The Labute approximate surface area is 95.3 Å². The van der Waals surface area contributed by atoms with Crippen LogP contribution in [0, 0.1) is 0 Å². The van der Waals surface area contributed by atoms with Crippen molar-refractivity contribution in [3.8, 4) is 0 Å². The summed E-state index contributed by atoms with van der Waals surface area (Å²) in [5.74, 6) is 0. The van der Waals surface area contributed by atoms with E-state index in [0.29, 0.717) is 0 Å². The van der Waals surface area contributed by atoms with Gasteiger partial charge in [-0.2, -0.15) is 0 Å². The van der Waals surface area contributed by atoms with E-state index in [1.54, 1.807) is 16.8 Å². The van der Waals surface area contributed by atoms with Gasteiger partial charge in [-0.05, 0) is 36.9 Å². The maximum Gasteiger partial charge on any atom is 0.0519 e. The number of para-hydroxylation sites is 1. The molecule has 0 saturated carbocycles. The van der Waals surface area contributed by atoms with Crippen molar-refractivity contribution in [2.75, 3.05) is 6.54 Å². The zero-order valence-corrected chi connectivity index (χ0v) is 9.42.